The largest absolute Gasteiger partial charge is 0.495 e. The molecule has 0 aromatic heterocycles. The Kier molecular flexibility index (Phi) is 5.25. The summed E-state index contributed by atoms with van der Waals surface area (Å²) in [5, 5.41) is 2.82. The second kappa shape index (κ2) is 7.36. The Labute approximate surface area is 130 Å². The van der Waals surface area contributed by atoms with Crippen molar-refractivity contribution in [3.63, 3.8) is 0 Å². The molecule has 0 bridgehead atoms. The van der Waals surface area contributed by atoms with Gasteiger partial charge in [-0.05, 0) is 48.9 Å². The van der Waals surface area contributed by atoms with Crippen molar-refractivity contribution in [3.8, 4) is 11.5 Å². The fourth-order valence-corrected chi connectivity index (χ4v) is 1.93. The van der Waals surface area contributed by atoms with E-state index in [1.54, 1.807) is 30.3 Å². The van der Waals surface area contributed by atoms with Crippen LogP contribution in [0, 0.1) is 0 Å². The van der Waals surface area contributed by atoms with Crippen LogP contribution >= 0.6 is 0 Å². The number of nitrogens with two attached hydrogens (primary N) is 1. The first-order valence-electron chi connectivity index (χ1n) is 7.11. The van der Waals surface area contributed by atoms with E-state index >= 15 is 0 Å². The number of rotatable bonds is 6. The lowest BCUT2D eigenvalue weighted by atomic mass is 10.1. The number of benzene rings is 2. The van der Waals surface area contributed by atoms with Gasteiger partial charge in [0.05, 0.1) is 19.4 Å². The topological polar surface area (TPSA) is 73.6 Å². The fourth-order valence-electron chi connectivity index (χ4n) is 1.93. The van der Waals surface area contributed by atoms with Crippen molar-refractivity contribution >= 4 is 17.3 Å². The van der Waals surface area contributed by atoms with Crippen LogP contribution in [0.5, 0.6) is 11.5 Å². The number of amides is 1. The molecule has 0 saturated carbocycles. The Balaban J connectivity index is 2.03. The summed E-state index contributed by atoms with van der Waals surface area (Å²) in [6, 6.07) is 12.2. The molecule has 116 valence electrons. The van der Waals surface area contributed by atoms with Crippen molar-refractivity contribution in [3.05, 3.63) is 48.0 Å². The summed E-state index contributed by atoms with van der Waals surface area (Å²) in [6.45, 7) is 2.73. The lowest BCUT2D eigenvalue weighted by Gasteiger charge is -2.09. The Morgan fingerprint density at radius 3 is 2.50 bits per heavy atom. The van der Waals surface area contributed by atoms with Gasteiger partial charge in [0.1, 0.15) is 11.5 Å². The zero-order valence-electron chi connectivity index (χ0n) is 12.8. The van der Waals surface area contributed by atoms with E-state index in [9.17, 15) is 4.79 Å². The van der Waals surface area contributed by atoms with E-state index in [0.717, 1.165) is 12.2 Å². The highest BCUT2D eigenvalue weighted by atomic mass is 16.5. The Hall–Kier alpha value is -2.69. The molecule has 0 spiro atoms. The second-order valence-electron chi connectivity index (χ2n) is 4.78. The molecule has 0 unspecified atom stereocenters. The van der Waals surface area contributed by atoms with Gasteiger partial charge < -0.3 is 20.5 Å². The third-order valence-corrected chi connectivity index (χ3v) is 3.08. The minimum absolute atomic E-state index is 0.225. The highest BCUT2D eigenvalue weighted by Crippen LogP contribution is 2.23. The van der Waals surface area contributed by atoms with Gasteiger partial charge in [0, 0.05) is 11.3 Å². The van der Waals surface area contributed by atoms with Gasteiger partial charge in [-0.3, -0.25) is 4.79 Å². The Bertz CT molecular complexity index is 639. The van der Waals surface area contributed by atoms with Gasteiger partial charge in [0.2, 0.25) is 0 Å². The van der Waals surface area contributed by atoms with E-state index in [0.29, 0.717) is 29.3 Å². The van der Waals surface area contributed by atoms with Crippen LogP contribution in [0.2, 0.25) is 0 Å². The molecule has 2 aromatic rings. The highest BCUT2D eigenvalue weighted by molar-refractivity contribution is 6.05. The number of nitrogens with one attached hydrogen (secondary N) is 1. The molecule has 2 aromatic carbocycles. The molecular weight excluding hydrogens is 280 g/mol. The first-order chi connectivity index (χ1) is 10.6. The summed E-state index contributed by atoms with van der Waals surface area (Å²) in [5.74, 6) is 1.11. The SMILES string of the molecule is CCCOc1ccc(NC(=O)c2ccc(OC)c(N)c2)cc1. The smallest absolute Gasteiger partial charge is 0.255 e. The number of carbonyl (C=O) groups excluding carboxylic acids is 1. The standard InChI is InChI=1S/C17H20N2O3/c1-3-10-22-14-7-5-13(6-8-14)19-17(20)12-4-9-16(21-2)15(18)11-12/h4-9,11H,3,10,18H2,1-2H3,(H,19,20). The number of nitrogen functional groups attached to an aromatic ring is 1. The van der Waals surface area contributed by atoms with Gasteiger partial charge in [0.25, 0.3) is 5.91 Å². The maximum absolute atomic E-state index is 12.2. The van der Waals surface area contributed by atoms with E-state index in [-0.39, 0.29) is 5.91 Å². The molecule has 0 saturated heterocycles. The number of anilines is 2. The maximum atomic E-state index is 12.2. The van der Waals surface area contributed by atoms with Gasteiger partial charge >= 0.3 is 0 Å². The fraction of sp³-hybridized carbons (Fsp3) is 0.235. The van der Waals surface area contributed by atoms with Crippen LogP contribution < -0.4 is 20.5 Å². The van der Waals surface area contributed by atoms with Crippen molar-refractivity contribution in [1.82, 2.24) is 0 Å². The lowest BCUT2D eigenvalue weighted by molar-refractivity contribution is 0.102. The average Bonchev–Trinajstić information content (AvgIpc) is 2.54. The minimum atomic E-state index is -0.225. The quantitative estimate of drug-likeness (QED) is 0.803. The van der Waals surface area contributed by atoms with Gasteiger partial charge in [-0.2, -0.15) is 0 Å². The molecule has 0 fully saturated rings. The summed E-state index contributed by atoms with van der Waals surface area (Å²) in [5.41, 5.74) is 7.41. The Morgan fingerprint density at radius 2 is 1.91 bits per heavy atom. The van der Waals surface area contributed by atoms with Gasteiger partial charge in [0.15, 0.2) is 0 Å². The normalized spacial score (nSPS) is 10.1. The third-order valence-electron chi connectivity index (χ3n) is 3.08. The van der Waals surface area contributed by atoms with E-state index < -0.39 is 0 Å². The number of methoxy groups -OCH3 is 1. The van der Waals surface area contributed by atoms with Gasteiger partial charge in [-0.15, -0.1) is 0 Å². The first kappa shape index (κ1) is 15.7. The number of hydrogen-bond acceptors (Lipinski definition) is 4. The van der Waals surface area contributed by atoms with Crippen LogP contribution in [-0.2, 0) is 0 Å². The molecule has 1 amide bonds. The molecule has 0 aliphatic rings. The predicted octanol–water partition coefficient (Wildman–Crippen LogP) is 3.32. The molecule has 0 aliphatic heterocycles. The highest BCUT2D eigenvalue weighted by Gasteiger charge is 2.09. The van der Waals surface area contributed by atoms with Crippen LogP contribution in [0.1, 0.15) is 23.7 Å². The van der Waals surface area contributed by atoms with Crippen molar-refractivity contribution in [2.75, 3.05) is 24.8 Å². The molecule has 0 heterocycles. The van der Waals surface area contributed by atoms with Crippen molar-refractivity contribution in [2.24, 2.45) is 0 Å². The van der Waals surface area contributed by atoms with Crippen molar-refractivity contribution < 1.29 is 14.3 Å². The summed E-state index contributed by atoms with van der Waals surface area (Å²) in [7, 11) is 1.54. The molecule has 3 N–H and O–H groups in total. The van der Waals surface area contributed by atoms with Crippen LogP contribution in [0.25, 0.3) is 0 Å². The molecular formula is C17H20N2O3. The molecule has 22 heavy (non-hydrogen) atoms. The average molecular weight is 300 g/mol. The van der Waals surface area contributed by atoms with E-state index in [4.69, 9.17) is 15.2 Å². The summed E-state index contributed by atoms with van der Waals surface area (Å²) in [4.78, 5) is 12.2. The zero-order valence-corrected chi connectivity index (χ0v) is 12.8. The number of ether oxygens (including phenoxy) is 2. The van der Waals surface area contributed by atoms with Crippen LogP contribution in [0.4, 0.5) is 11.4 Å². The molecule has 0 radical (unpaired) electrons. The number of hydrogen-bond donors (Lipinski definition) is 2. The van der Waals surface area contributed by atoms with Crippen LogP contribution in [0.3, 0.4) is 0 Å². The van der Waals surface area contributed by atoms with Crippen LogP contribution in [0.15, 0.2) is 42.5 Å². The monoisotopic (exact) mass is 300 g/mol. The molecule has 0 aliphatic carbocycles. The molecule has 5 nitrogen and oxygen atoms in total. The van der Waals surface area contributed by atoms with Gasteiger partial charge in [-0.1, -0.05) is 6.92 Å². The van der Waals surface area contributed by atoms with E-state index in [1.807, 2.05) is 12.1 Å². The zero-order chi connectivity index (χ0) is 15.9. The molecule has 2 rings (SSSR count). The third kappa shape index (κ3) is 3.91. The van der Waals surface area contributed by atoms with E-state index in [2.05, 4.69) is 12.2 Å². The van der Waals surface area contributed by atoms with Crippen molar-refractivity contribution in [2.45, 2.75) is 13.3 Å². The predicted molar refractivity (Wildman–Crippen MR) is 87.6 cm³/mol. The summed E-state index contributed by atoms with van der Waals surface area (Å²) < 4.78 is 10.6. The molecule has 0 atom stereocenters. The lowest BCUT2D eigenvalue weighted by Crippen LogP contribution is -2.12. The second-order valence-corrected chi connectivity index (χ2v) is 4.78. The number of carbonyl (C=O) groups is 1. The first-order valence-corrected chi connectivity index (χ1v) is 7.11. The minimum Gasteiger partial charge on any atom is -0.495 e. The van der Waals surface area contributed by atoms with Gasteiger partial charge in [-0.25, -0.2) is 0 Å². The Morgan fingerprint density at radius 1 is 1.18 bits per heavy atom. The maximum Gasteiger partial charge on any atom is 0.255 e. The molecule has 5 heteroatoms. The van der Waals surface area contributed by atoms with Crippen molar-refractivity contribution in [1.29, 1.82) is 0 Å². The summed E-state index contributed by atoms with van der Waals surface area (Å²) in [6.07, 6.45) is 0.956. The van der Waals surface area contributed by atoms with E-state index in [1.165, 1.54) is 7.11 Å². The summed E-state index contributed by atoms with van der Waals surface area (Å²) >= 11 is 0. The van der Waals surface area contributed by atoms with Crippen LogP contribution in [-0.4, -0.2) is 19.6 Å².